The number of aliphatic imine (C=N–C) groups is 1. The summed E-state index contributed by atoms with van der Waals surface area (Å²) >= 11 is 0. The van der Waals surface area contributed by atoms with Crippen LogP contribution in [0.1, 0.15) is 47.2 Å². The average molecular weight is 277 g/mol. The van der Waals surface area contributed by atoms with Gasteiger partial charge in [0, 0.05) is 23.1 Å². The molecule has 0 amide bonds. The third-order valence-electron chi connectivity index (χ3n) is 4.77. The molecule has 1 heteroatoms. The topological polar surface area (TPSA) is 12.4 Å². The van der Waals surface area contributed by atoms with Crippen LogP contribution in [0.4, 0.5) is 0 Å². The normalized spacial score (nSPS) is 16.3. The fraction of sp³-hybridized carbons (Fsp3) is 0.350. The third-order valence-corrected chi connectivity index (χ3v) is 4.77. The maximum Gasteiger partial charge on any atom is 0.0722 e. The number of aryl methyl sites for hydroxylation is 1. The first-order valence-corrected chi connectivity index (χ1v) is 7.63. The molecule has 0 unspecified atom stereocenters. The highest BCUT2D eigenvalue weighted by Crippen LogP contribution is 2.37. The van der Waals surface area contributed by atoms with Gasteiger partial charge in [-0.25, -0.2) is 0 Å². The molecular weight excluding hydrogens is 254 g/mol. The Morgan fingerprint density at radius 3 is 2.29 bits per heavy atom. The second kappa shape index (κ2) is 4.84. The fourth-order valence-electron chi connectivity index (χ4n) is 3.42. The molecule has 0 atom stereocenters. The summed E-state index contributed by atoms with van der Waals surface area (Å²) < 4.78 is 0. The van der Waals surface area contributed by atoms with Gasteiger partial charge < -0.3 is 0 Å². The van der Waals surface area contributed by atoms with Gasteiger partial charge in [-0.15, -0.1) is 0 Å². The van der Waals surface area contributed by atoms with Gasteiger partial charge >= 0.3 is 0 Å². The Hall–Kier alpha value is -1.89. The molecule has 1 aliphatic rings. The lowest BCUT2D eigenvalue weighted by Gasteiger charge is -2.34. The van der Waals surface area contributed by atoms with Crippen LogP contribution in [0.25, 0.3) is 0 Å². The summed E-state index contributed by atoms with van der Waals surface area (Å²) in [5.41, 5.74) is 9.46. The predicted molar refractivity (Wildman–Crippen MR) is 90.6 cm³/mol. The van der Waals surface area contributed by atoms with Gasteiger partial charge in [0.15, 0.2) is 0 Å². The van der Waals surface area contributed by atoms with Gasteiger partial charge in [-0.2, -0.15) is 0 Å². The van der Waals surface area contributed by atoms with E-state index >= 15 is 0 Å². The summed E-state index contributed by atoms with van der Waals surface area (Å²) in [5, 5.41) is 0. The van der Waals surface area contributed by atoms with E-state index in [1.807, 2.05) is 0 Å². The molecule has 1 aliphatic heterocycles. The van der Waals surface area contributed by atoms with Crippen molar-refractivity contribution in [1.82, 2.24) is 0 Å². The standard InChI is InChI=1S/C20H23N/c1-13-11-17-18(15(3)14(13)2)20(4,5)12-21-19(17)16-9-7-6-8-10-16/h6-11H,12H2,1-5H3. The fourth-order valence-corrected chi connectivity index (χ4v) is 3.42. The SMILES string of the molecule is Cc1cc2c(c(C)c1C)C(C)(C)CN=C2c1ccccc1. The molecule has 1 heterocycles. The number of nitrogens with zero attached hydrogens (tertiary/aromatic N) is 1. The molecule has 2 aromatic carbocycles. The Morgan fingerprint density at radius 1 is 0.952 bits per heavy atom. The number of hydrogen-bond donors (Lipinski definition) is 0. The lowest BCUT2D eigenvalue weighted by molar-refractivity contribution is 0.528. The van der Waals surface area contributed by atoms with Gasteiger partial charge in [-0.1, -0.05) is 44.2 Å². The molecule has 0 bridgehead atoms. The van der Waals surface area contributed by atoms with Gasteiger partial charge in [0.2, 0.25) is 0 Å². The number of fused-ring (bicyclic) bond motifs is 1. The summed E-state index contributed by atoms with van der Waals surface area (Å²) in [6, 6.07) is 12.9. The molecule has 0 N–H and O–H groups in total. The summed E-state index contributed by atoms with van der Waals surface area (Å²) in [6.45, 7) is 12.2. The maximum absolute atomic E-state index is 4.92. The predicted octanol–water partition coefficient (Wildman–Crippen LogP) is 4.74. The molecule has 21 heavy (non-hydrogen) atoms. The van der Waals surface area contributed by atoms with Crippen LogP contribution >= 0.6 is 0 Å². The van der Waals surface area contributed by atoms with E-state index in [4.69, 9.17) is 4.99 Å². The van der Waals surface area contributed by atoms with Crippen molar-refractivity contribution in [3.63, 3.8) is 0 Å². The van der Waals surface area contributed by atoms with Crippen molar-refractivity contribution in [3.8, 4) is 0 Å². The summed E-state index contributed by atoms with van der Waals surface area (Å²) in [5.74, 6) is 0. The Labute approximate surface area is 127 Å². The second-order valence-corrected chi connectivity index (χ2v) is 6.78. The van der Waals surface area contributed by atoms with Crippen LogP contribution in [-0.4, -0.2) is 12.3 Å². The maximum atomic E-state index is 4.92. The number of hydrogen-bond acceptors (Lipinski definition) is 1. The van der Waals surface area contributed by atoms with Crippen LogP contribution in [0.3, 0.4) is 0 Å². The smallest absolute Gasteiger partial charge is 0.0722 e. The molecular formula is C20H23N. The molecule has 0 saturated heterocycles. The Morgan fingerprint density at radius 2 is 1.62 bits per heavy atom. The van der Waals surface area contributed by atoms with Crippen molar-refractivity contribution >= 4 is 5.71 Å². The zero-order valence-electron chi connectivity index (χ0n) is 13.6. The number of rotatable bonds is 1. The highest BCUT2D eigenvalue weighted by Gasteiger charge is 2.32. The molecule has 0 aromatic heterocycles. The van der Waals surface area contributed by atoms with E-state index in [0.717, 1.165) is 12.3 Å². The van der Waals surface area contributed by atoms with Crippen molar-refractivity contribution in [2.45, 2.75) is 40.0 Å². The minimum Gasteiger partial charge on any atom is -0.283 e. The van der Waals surface area contributed by atoms with Crippen LogP contribution in [0.15, 0.2) is 41.4 Å². The van der Waals surface area contributed by atoms with Crippen LogP contribution < -0.4 is 0 Å². The Balaban J connectivity index is 2.30. The van der Waals surface area contributed by atoms with Gasteiger partial charge in [0.05, 0.1) is 5.71 Å². The van der Waals surface area contributed by atoms with Gasteiger partial charge in [0.25, 0.3) is 0 Å². The van der Waals surface area contributed by atoms with E-state index in [1.165, 1.54) is 33.4 Å². The van der Waals surface area contributed by atoms with Crippen LogP contribution in [0.5, 0.6) is 0 Å². The molecule has 0 saturated carbocycles. The number of benzene rings is 2. The van der Waals surface area contributed by atoms with Crippen molar-refractivity contribution in [3.05, 3.63) is 69.8 Å². The first kappa shape index (κ1) is 14.1. The molecule has 1 nitrogen and oxygen atoms in total. The van der Waals surface area contributed by atoms with Gasteiger partial charge in [-0.3, -0.25) is 4.99 Å². The van der Waals surface area contributed by atoms with Crippen molar-refractivity contribution in [2.24, 2.45) is 4.99 Å². The molecule has 0 fully saturated rings. The lowest BCUT2D eigenvalue weighted by Crippen LogP contribution is -2.31. The molecule has 0 aliphatic carbocycles. The van der Waals surface area contributed by atoms with Gasteiger partial charge in [-0.05, 0) is 49.1 Å². The zero-order valence-corrected chi connectivity index (χ0v) is 13.6. The largest absolute Gasteiger partial charge is 0.283 e. The molecule has 0 spiro atoms. The third kappa shape index (κ3) is 2.21. The highest BCUT2D eigenvalue weighted by molar-refractivity contribution is 6.15. The van der Waals surface area contributed by atoms with Crippen molar-refractivity contribution < 1.29 is 0 Å². The second-order valence-electron chi connectivity index (χ2n) is 6.78. The lowest BCUT2D eigenvalue weighted by atomic mass is 9.73. The van der Waals surface area contributed by atoms with E-state index in [9.17, 15) is 0 Å². The van der Waals surface area contributed by atoms with Crippen molar-refractivity contribution in [2.75, 3.05) is 6.54 Å². The minimum atomic E-state index is 0.107. The zero-order chi connectivity index (χ0) is 15.2. The molecule has 0 radical (unpaired) electrons. The molecule has 3 rings (SSSR count). The quantitative estimate of drug-likeness (QED) is 0.714. The summed E-state index contributed by atoms with van der Waals surface area (Å²) in [6.07, 6.45) is 0. The Kier molecular flexibility index (Phi) is 3.24. The van der Waals surface area contributed by atoms with Crippen LogP contribution in [0, 0.1) is 20.8 Å². The van der Waals surface area contributed by atoms with Crippen molar-refractivity contribution in [1.29, 1.82) is 0 Å². The minimum absolute atomic E-state index is 0.107. The van der Waals surface area contributed by atoms with Crippen LogP contribution in [-0.2, 0) is 5.41 Å². The Bertz CT molecular complexity index is 721. The van der Waals surface area contributed by atoms with Gasteiger partial charge in [0.1, 0.15) is 0 Å². The van der Waals surface area contributed by atoms with E-state index in [2.05, 4.69) is 71.0 Å². The van der Waals surface area contributed by atoms with E-state index in [1.54, 1.807) is 0 Å². The molecule has 108 valence electrons. The summed E-state index contributed by atoms with van der Waals surface area (Å²) in [4.78, 5) is 4.92. The van der Waals surface area contributed by atoms with Crippen LogP contribution in [0.2, 0.25) is 0 Å². The first-order valence-electron chi connectivity index (χ1n) is 7.63. The highest BCUT2D eigenvalue weighted by atomic mass is 14.8. The monoisotopic (exact) mass is 277 g/mol. The molecule has 2 aromatic rings. The average Bonchev–Trinajstić information content (AvgIpc) is 2.45. The van der Waals surface area contributed by atoms with E-state index in [-0.39, 0.29) is 5.41 Å². The van der Waals surface area contributed by atoms with E-state index in [0.29, 0.717) is 0 Å². The van der Waals surface area contributed by atoms with E-state index < -0.39 is 0 Å². The first-order chi connectivity index (χ1) is 9.92. The summed E-state index contributed by atoms with van der Waals surface area (Å²) in [7, 11) is 0.